The zero-order valence-corrected chi connectivity index (χ0v) is 27.9. The van der Waals surface area contributed by atoms with Gasteiger partial charge in [-0.3, -0.25) is 0 Å². The second-order valence-electron chi connectivity index (χ2n) is 11.1. The van der Waals surface area contributed by atoms with Gasteiger partial charge in [0.2, 0.25) is 0 Å². The molecule has 0 aromatic heterocycles. The molecule has 6 aromatic rings. The first-order valence-electron chi connectivity index (χ1n) is 14.6. The Morgan fingerprint density at radius 2 is 0.512 bits per heavy atom. The number of benzene rings is 6. The predicted molar refractivity (Wildman–Crippen MR) is 173 cm³/mol. The molecule has 0 nitrogen and oxygen atoms in total. The van der Waals surface area contributed by atoms with Gasteiger partial charge in [0.05, 0.1) is 0 Å². The molecule has 0 heterocycles. The van der Waals surface area contributed by atoms with Gasteiger partial charge in [-0.15, -0.1) is 0 Å². The van der Waals surface area contributed by atoms with E-state index in [0.29, 0.717) is 0 Å². The maximum absolute atomic E-state index is 2.39. The summed E-state index contributed by atoms with van der Waals surface area (Å²) in [5, 5.41) is 0. The van der Waals surface area contributed by atoms with E-state index in [0.717, 1.165) is 12.8 Å². The molecule has 0 saturated heterocycles. The van der Waals surface area contributed by atoms with E-state index in [1.165, 1.54) is 33.4 Å². The van der Waals surface area contributed by atoms with Gasteiger partial charge in [-0.25, -0.2) is 0 Å². The Kier molecular flexibility index (Phi) is 9.06. The molecule has 0 N–H and O–H groups in total. The first-order chi connectivity index (χ1) is 20.3. The molecule has 1 heteroatoms. The third kappa shape index (κ3) is 6.23. The van der Waals surface area contributed by atoms with Gasteiger partial charge in [-0.05, 0) is 0 Å². The molecule has 41 heavy (non-hydrogen) atoms. The Hall–Kier alpha value is -3.11. The minimum absolute atomic E-state index is 0.0651. The fourth-order valence-corrected chi connectivity index (χ4v) is 18.1. The van der Waals surface area contributed by atoms with Crippen LogP contribution in [0.15, 0.2) is 182 Å². The molecule has 6 aromatic carbocycles. The molecular weight excluding hydrogens is 618 g/mol. The fraction of sp³-hybridized carbons (Fsp3) is 0.100. The average molecular weight is 652 g/mol. The zero-order chi connectivity index (χ0) is 27.8. The summed E-state index contributed by atoms with van der Waals surface area (Å²) in [6.45, 7) is 0. The topological polar surface area (TPSA) is 0 Å². The van der Waals surface area contributed by atoms with Crippen LogP contribution in [-0.4, -0.2) is 44.2 Å². The molecule has 0 amide bonds. The van der Waals surface area contributed by atoms with Crippen molar-refractivity contribution < 1.29 is 0 Å². The van der Waals surface area contributed by atoms with Crippen LogP contribution in [0.5, 0.6) is 0 Å². The van der Waals surface area contributed by atoms with Gasteiger partial charge in [0.1, 0.15) is 0 Å². The third-order valence-corrected chi connectivity index (χ3v) is 19.1. The molecule has 0 spiro atoms. The van der Waals surface area contributed by atoms with Crippen LogP contribution in [0.3, 0.4) is 0 Å². The van der Waals surface area contributed by atoms with Crippen molar-refractivity contribution in [2.45, 2.75) is 12.6 Å². The molecule has 0 unspecified atom stereocenters. The van der Waals surface area contributed by atoms with Gasteiger partial charge in [-0.2, -0.15) is 0 Å². The standard InChI is InChI=1S/2C20H17.Ba/c2*1-4-10-17(11-5-1)16-20(18-12-6-2-7-13-18)19-14-8-3-9-15-19;/h2*1-15H,16H2;. The summed E-state index contributed by atoms with van der Waals surface area (Å²) < 4.78 is -0.130. The normalized spacial score (nSPS) is 11.5. The van der Waals surface area contributed by atoms with Crippen molar-refractivity contribution in [3.8, 4) is 0 Å². The molecule has 0 aliphatic heterocycles. The quantitative estimate of drug-likeness (QED) is 0.130. The van der Waals surface area contributed by atoms with E-state index in [4.69, 9.17) is 0 Å². The van der Waals surface area contributed by atoms with Gasteiger partial charge in [0.25, 0.3) is 0 Å². The van der Waals surface area contributed by atoms with E-state index >= 15 is 0 Å². The molecule has 0 saturated carbocycles. The predicted octanol–water partition coefficient (Wildman–Crippen LogP) is 9.06. The molecule has 0 aliphatic rings. The zero-order valence-electron chi connectivity index (χ0n) is 23.4. The second-order valence-corrected chi connectivity index (χ2v) is 19.8. The van der Waals surface area contributed by atoms with Crippen LogP contribution in [0.1, 0.15) is 33.4 Å². The molecule has 0 atom stereocenters. The van der Waals surface area contributed by atoms with Gasteiger partial charge < -0.3 is 0 Å². The van der Waals surface area contributed by atoms with E-state index < -0.39 is 44.2 Å². The number of rotatable bonds is 10. The van der Waals surface area contributed by atoms with Crippen LogP contribution in [0.2, 0.25) is 0 Å². The Morgan fingerprint density at radius 1 is 0.293 bits per heavy atom. The Labute approximate surface area is 269 Å². The molecule has 0 aliphatic carbocycles. The maximum atomic E-state index is 2.39. The van der Waals surface area contributed by atoms with Gasteiger partial charge in [0.15, 0.2) is 0 Å². The summed E-state index contributed by atoms with van der Waals surface area (Å²) in [5.74, 6) is 0. The Balaban J connectivity index is 1.66. The average Bonchev–Trinajstić information content (AvgIpc) is 3.06. The molecule has 0 bridgehead atoms. The summed E-state index contributed by atoms with van der Waals surface area (Å²) in [6, 6.07) is 67.9. The van der Waals surface area contributed by atoms with Crippen molar-refractivity contribution in [3.63, 3.8) is 0 Å². The third-order valence-electron chi connectivity index (χ3n) is 8.61. The van der Waals surface area contributed by atoms with Crippen LogP contribution in [0.25, 0.3) is 0 Å². The molecule has 0 fully saturated rings. The van der Waals surface area contributed by atoms with Crippen molar-refractivity contribution in [1.82, 2.24) is 0 Å². The summed E-state index contributed by atoms with van der Waals surface area (Å²) in [5.41, 5.74) is 8.58. The fourth-order valence-electron chi connectivity index (χ4n) is 6.71. The van der Waals surface area contributed by atoms with Crippen LogP contribution in [-0.2, 0) is 12.6 Å². The minimum atomic E-state index is -2.23. The van der Waals surface area contributed by atoms with E-state index in [2.05, 4.69) is 182 Å². The molecule has 6 rings (SSSR count). The van der Waals surface area contributed by atoms with Gasteiger partial charge >= 0.3 is 272 Å². The van der Waals surface area contributed by atoms with Crippen molar-refractivity contribution in [2.24, 2.45) is 0 Å². The first-order valence-corrected chi connectivity index (χ1v) is 19.0. The summed E-state index contributed by atoms with van der Waals surface area (Å²) in [6.07, 6.45) is 2.00. The Bertz CT molecular complexity index is 1410. The number of hydrogen-bond acceptors (Lipinski definition) is 0. The second kappa shape index (κ2) is 13.2. The molecular formula is C40H34Ba. The Morgan fingerprint density at radius 3 is 0.756 bits per heavy atom. The summed E-state index contributed by atoms with van der Waals surface area (Å²) in [7, 11) is 0. The number of hydrogen-bond donors (Lipinski definition) is 0. The van der Waals surface area contributed by atoms with Crippen molar-refractivity contribution in [1.29, 1.82) is 0 Å². The van der Waals surface area contributed by atoms with Crippen LogP contribution in [0, 0.1) is 0 Å². The summed E-state index contributed by atoms with van der Waals surface area (Å²) >= 11 is -2.23. The van der Waals surface area contributed by atoms with E-state index in [-0.39, 0.29) is -0.234 Å². The van der Waals surface area contributed by atoms with E-state index in [1.54, 1.807) is 0 Å². The summed E-state index contributed by atoms with van der Waals surface area (Å²) in [4.78, 5) is 0. The molecule has 0 radical (unpaired) electrons. The molecule has 196 valence electrons. The van der Waals surface area contributed by atoms with Crippen molar-refractivity contribution in [2.75, 3.05) is 0 Å². The van der Waals surface area contributed by atoms with Crippen LogP contribution < -0.4 is 0 Å². The van der Waals surface area contributed by atoms with Crippen molar-refractivity contribution >= 4 is 44.2 Å². The van der Waals surface area contributed by atoms with Crippen LogP contribution in [0.4, 0.5) is 0 Å². The van der Waals surface area contributed by atoms with Gasteiger partial charge in [-0.1, -0.05) is 0 Å². The van der Waals surface area contributed by atoms with Gasteiger partial charge in [0, 0.05) is 0 Å². The monoisotopic (exact) mass is 652 g/mol. The SMILES string of the molecule is c1ccc(C[C]([Ba][C](Cc2ccccc2)(c2ccccc2)c2ccccc2)(c2ccccc2)c2ccccc2)cc1. The first kappa shape index (κ1) is 28.0. The van der Waals surface area contributed by atoms with E-state index in [1.807, 2.05) is 0 Å². The van der Waals surface area contributed by atoms with E-state index in [9.17, 15) is 0 Å². The van der Waals surface area contributed by atoms with Crippen molar-refractivity contribution in [3.05, 3.63) is 215 Å². The van der Waals surface area contributed by atoms with Crippen LogP contribution >= 0.6 is 0 Å².